The molecule has 2 rings (SSSR count). The SMILES string of the molecule is Nc1cnn(-c2ncncc2Cl)c1. The lowest BCUT2D eigenvalue weighted by Gasteiger charge is -1.99. The average molecular weight is 196 g/mol. The first-order chi connectivity index (χ1) is 6.27. The van der Waals surface area contributed by atoms with Crippen LogP contribution >= 0.6 is 11.6 Å². The maximum Gasteiger partial charge on any atom is 0.175 e. The summed E-state index contributed by atoms with van der Waals surface area (Å²) in [6.45, 7) is 0. The van der Waals surface area contributed by atoms with Crippen molar-refractivity contribution in [2.24, 2.45) is 0 Å². The molecule has 6 heteroatoms. The maximum absolute atomic E-state index is 5.84. The Morgan fingerprint density at radius 2 is 2.23 bits per heavy atom. The topological polar surface area (TPSA) is 69.6 Å². The number of rotatable bonds is 1. The van der Waals surface area contributed by atoms with Gasteiger partial charge in [0.2, 0.25) is 0 Å². The first-order valence-electron chi connectivity index (χ1n) is 3.53. The number of nitrogens with two attached hydrogens (primary N) is 1. The summed E-state index contributed by atoms with van der Waals surface area (Å²) in [5.74, 6) is 0.522. The highest BCUT2D eigenvalue weighted by Crippen LogP contribution is 2.15. The first-order valence-corrected chi connectivity index (χ1v) is 3.91. The van der Waals surface area contributed by atoms with Crippen LogP contribution in [0.4, 0.5) is 5.69 Å². The largest absolute Gasteiger partial charge is 0.396 e. The third kappa shape index (κ3) is 1.46. The standard InChI is InChI=1S/C7H6ClN5/c8-6-2-10-4-11-7(6)13-3-5(9)1-12-13/h1-4H,9H2. The Labute approximate surface area is 79.2 Å². The average Bonchev–Trinajstić information content (AvgIpc) is 2.53. The number of nitrogen functional groups attached to an aromatic ring is 1. The molecule has 5 nitrogen and oxygen atoms in total. The molecule has 2 N–H and O–H groups in total. The summed E-state index contributed by atoms with van der Waals surface area (Å²) in [7, 11) is 0. The highest BCUT2D eigenvalue weighted by Gasteiger charge is 2.04. The van der Waals surface area contributed by atoms with E-state index in [2.05, 4.69) is 15.1 Å². The van der Waals surface area contributed by atoms with E-state index in [0.717, 1.165) is 0 Å². The summed E-state index contributed by atoms with van der Waals surface area (Å²) in [5, 5.41) is 4.40. The van der Waals surface area contributed by atoms with Crippen molar-refractivity contribution in [1.29, 1.82) is 0 Å². The van der Waals surface area contributed by atoms with E-state index in [4.69, 9.17) is 17.3 Å². The molecular weight excluding hydrogens is 190 g/mol. The zero-order chi connectivity index (χ0) is 9.26. The lowest BCUT2D eigenvalue weighted by atomic mass is 10.5. The molecule has 0 aliphatic heterocycles. The first kappa shape index (κ1) is 8.00. The van der Waals surface area contributed by atoms with Crippen LogP contribution in [-0.2, 0) is 0 Å². The number of aromatic nitrogens is 4. The van der Waals surface area contributed by atoms with E-state index in [1.54, 1.807) is 6.20 Å². The fraction of sp³-hybridized carbons (Fsp3) is 0. The summed E-state index contributed by atoms with van der Waals surface area (Å²) in [5.41, 5.74) is 6.06. The number of hydrogen-bond donors (Lipinski definition) is 1. The number of nitrogens with zero attached hydrogens (tertiary/aromatic N) is 4. The van der Waals surface area contributed by atoms with Gasteiger partial charge in [-0.1, -0.05) is 11.6 Å². The summed E-state index contributed by atoms with van der Waals surface area (Å²) in [4.78, 5) is 7.73. The van der Waals surface area contributed by atoms with Crippen molar-refractivity contribution >= 4 is 17.3 Å². The minimum atomic E-state index is 0.436. The van der Waals surface area contributed by atoms with Gasteiger partial charge in [0.05, 0.1) is 24.3 Å². The van der Waals surface area contributed by atoms with E-state index in [0.29, 0.717) is 16.5 Å². The number of halogens is 1. The van der Waals surface area contributed by atoms with Crippen molar-refractivity contribution in [3.05, 3.63) is 29.9 Å². The zero-order valence-electron chi connectivity index (χ0n) is 6.55. The molecule has 0 aliphatic carbocycles. The number of anilines is 1. The molecule has 2 aromatic rings. The minimum absolute atomic E-state index is 0.436. The molecule has 0 atom stereocenters. The predicted molar refractivity (Wildman–Crippen MR) is 48.6 cm³/mol. The minimum Gasteiger partial charge on any atom is -0.396 e. The van der Waals surface area contributed by atoms with Crippen molar-refractivity contribution in [2.45, 2.75) is 0 Å². The summed E-state index contributed by atoms with van der Waals surface area (Å²) in [6.07, 6.45) is 6.06. The van der Waals surface area contributed by atoms with Crippen LogP contribution in [-0.4, -0.2) is 19.7 Å². The molecule has 13 heavy (non-hydrogen) atoms. The van der Waals surface area contributed by atoms with Crippen molar-refractivity contribution in [3.8, 4) is 5.82 Å². The quantitative estimate of drug-likeness (QED) is 0.734. The molecule has 2 heterocycles. The summed E-state index contributed by atoms with van der Waals surface area (Å²) < 4.78 is 1.50. The Hall–Kier alpha value is -1.62. The van der Waals surface area contributed by atoms with E-state index >= 15 is 0 Å². The second-order valence-electron chi connectivity index (χ2n) is 2.41. The van der Waals surface area contributed by atoms with Crippen LogP contribution in [0.1, 0.15) is 0 Å². The van der Waals surface area contributed by atoms with Gasteiger partial charge in [0.25, 0.3) is 0 Å². The van der Waals surface area contributed by atoms with Gasteiger partial charge in [-0.05, 0) is 0 Å². The third-order valence-electron chi connectivity index (χ3n) is 1.47. The molecule has 0 aliphatic rings. The van der Waals surface area contributed by atoms with Crippen molar-refractivity contribution < 1.29 is 0 Å². The van der Waals surface area contributed by atoms with Crippen LogP contribution < -0.4 is 5.73 Å². The van der Waals surface area contributed by atoms with Gasteiger partial charge in [0, 0.05) is 0 Å². The van der Waals surface area contributed by atoms with Gasteiger partial charge in [-0.25, -0.2) is 14.6 Å². The molecule has 0 aromatic carbocycles. The molecule has 0 bridgehead atoms. The molecule has 2 aromatic heterocycles. The lowest BCUT2D eigenvalue weighted by Crippen LogP contribution is -1.98. The Morgan fingerprint density at radius 3 is 2.85 bits per heavy atom. The van der Waals surface area contributed by atoms with E-state index in [9.17, 15) is 0 Å². The van der Waals surface area contributed by atoms with Crippen molar-refractivity contribution in [1.82, 2.24) is 19.7 Å². The fourth-order valence-corrected chi connectivity index (χ4v) is 1.12. The van der Waals surface area contributed by atoms with Crippen LogP contribution in [0.2, 0.25) is 5.02 Å². The fourth-order valence-electron chi connectivity index (χ4n) is 0.927. The molecule has 0 saturated heterocycles. The second kappa shape index (κ2) is 3.02. The van der Waals surface area contributed by atoms with Gasteiger partial charge in [0.1, 0.15) is 11.3 Å². The van der Waals surface area contributed by atoms with Crippen molar-refractivity contribution in [2.75, 3.05) is 5.73 Å². The zero-order valence-corrected chi connectivity index (χ0v) is 7.31. The van der Waals surface area contributed by atoms with E-state index in [1.165, 1.54) is 23.4 Å². The molecular formula is C7H6ClN5. The monoisotopic (exact) mass is 195 g/mol. The van der Waals surface area contributed by atoms with Gasteiger partial charge < -0.3 is 5.73 Å². The normalized spacial score (nSPS) is 10.2. The highest BCUT2D eigenvalue weighted by atomic mass is 35.5. The van der Waals surface area contributed by atoms with E-state index in [1.807, 2.05) is 0 Å². The molecule has 0 saturated carbocycles. The Balaban J connectivity index is 2.52. The van der Waals surface area contributed by atoms with Gasteiger partial charge in [-0.3, -0.25) is 0 Å². The molecule has 0 amide bonds. The molecule has 0 unspecified atom stereocenters. The summed E-state index contributed by atoms with van der Waals surface area (Å²) >= 11 is 5.84. The smallest absolute Gasteiger partial charge is 0.175 e. The molecule has 0 spiro atoms. The van der Waals surface area contributed by atoms with E-state index < -0.39 is 0 Å². The van der Waals surface area contributed by atoms with Gasteiger partial charge >= 0.3 is 0 Å². The van der Waals surface area contributed by atoms with Gasteiger partial charge in [-0.2, -0.15) is 5.10 Å². The van der Waals surface area contributed by atoms with Gasteiger partial charge in [-0.15, -0.1) is 0 Å². The predicted octanol–water partition coefficient (Wildman–Crippen LogP) is 0.898. The molecule has 0 fully saturated rings. The van der Waals surface area contributed by atoms with Crippen LogP contribution in [0.5, 0.6) is 0 Å². The number of hydrogen-bond acceptors (Lipinski definition) is 4. The van der Waals surface area contributed by atoms with Crippen LogP contribution in [0, 0.1) is 0 Å². The van der Waals surface area contributed by atoms with Crippen LogP contribution in [0.3, 0.4) is 0 Å². The van der Waals surface area contributed by atoms with Crippen LogP contribution in [0.25, 0.3) is 5.82 Å². The Bertz CT molecular complexity index is 424. The highest BCUT2D eigenvalue weighted by molar-refractivity contribution is 6.32. The van der Waals surface area contributed by atoms with Crippen molar-refractivity contribution in [3.63, 3.8) is 0 Å². The Morgan fingerprint density at radius 1 is 1.38 bits per heavy atom. The Kier molecular flexibility index (Phi) is 1.86. The van der Waals surface area contributed by atoms with E-state index in [-0.39, 0.29) is 0 Å². The summed E-state index contributed by atoms with van der Waals surface area (Å²) in [6, 6.07) is 0. The van der Waals surface area contributed by atoms with Crippen LogP contribution in [0.15, 0.2) is 24.9 Å². The molecule has 66 valence electrons. The maximum atomic E-state index is 5.84. The second-order valence-corrected chi connectivity index (χ2v) is 2.82. The lowest BCUT2D eigenvalue weighted by molar-refractivity contribution is 0.840. The third-order valence-corrected chi connectivity index (χ3v) is 1.73. The molecule has 0 radical (unpaired) electrons. The van der Waals surface area contributed by atoms with Gasteiger partial charge in [0.15, 0.2) is 5.82 Å².